The van der Waals surface area contributed by atoms with E-state index >= 15 is 0 Å². The Morgan fingerprint density at radius 2 is 0.431 bits per heavy atom. The lowest BCUT2D eigenvalue weighted by atomic mass is 9.51. The van der Waals surface area contributed by atoms with Crippen LogP contribution in [0.1, 0.15) is 91.7 Å². The average molecular weight is 1690 g/mol. The SMILES string of the molecule is CC1(C)c2ccccc2C2(c3ccccc3-c3c(N(c4ccc(-c5ccccc5)cc4)c4ccc(-c5ccc6sc7ccccc7c6c5)cc4)cccc32)c2ccccc21.c1ccc(-c2ccc(N(c3ccc(-c4ccc5sc6ccccc6c5c4)cc3)c3cccc4c3-c3ccccc3C43c4ccccc4C(c4ccccc4)(c4ccccc4)c4ccccc43)cc2)cc1. The molecule has 20 aromatic carbocycles. The molecule has 0 aliphatic heterocycles. The van der Waals surface area contributed by atoms with Gasteiger partial charge in [-0.15, -0.1) is 22.7 Å². The lowest BCUT2D eigenvalue weighted by molar-refractivity contribution is 0.563. The highest BCUT2D eigenvalue weighted by Crippen LogP contribution is 2.68. The van der Waals surface area contributed by atoms with Crippen molar-refractivity contribution in [3.05, 3.63) is 563 Å². The molecule has 4 aliphatic carbocycles. The Labute approximate surface area is 766 Å². The molecule has 130 heavy (non-hydrogen) atoms. The number of hydrogen-bond acceptors (Lipinski definition) is 4. The van der Waals surface area contributed by atoms with Gasteiger partial charge in [-0.1, -0.05) is 402 Å². The van der Waals surface area contributed by atoms with Gasteiger partial charge in [-0.2, -0.15) is 0 Å². The van der Waals surface area contributed by atoms with Crippen LogP contribution in [0.3, 0.4) is 0 Å². The van der Waals surface area contributed by atoms with E-state index in [2.05, 4.69) is 509 Å². The minimum Gasteiger partial charge on any atom is -0.310 e. The highest BCUT2D eigenvalue weighted by molar-refractivity contribution is 7.26. The molecule has 0 unspecified atom stereocenters. The summed E-state index contributed by atoms with van der Waals surface area (Å²) in [5.74, 6) is 0. The van der Waals surface area contributed by atoms with E-state index in [0.717, 1.165) is 28.4 Å². The van der Waals surface area contributed by atoms with E-state index in [1.54, 1.807) is 0 Å². The fourth-order valence-electron chi connectivity index (χ4n) is 23.0. The van der Waals surface area contributed by atoms with Crippen LogP contribution >= 0.6 is 22.7 Å². The van der Waals surface area contributed by atoms with Crippen molar-refractivity contribution < 1.29 is 0 Å². The van der Waals surface area contributed by atoms with Gasteiger partial charge in [0.15, 0.2) is 0 Å². The molecular formula is C126H86N2S2. The van der Waals surface area contributed by atoms with E-state index in [1.807, 2.05) is 22.7 Å². The van der Waals surface area contributed by atoms with E-state index in [0.29, 0.717) is 0 Å². The number of benzene rings is 20. The molecule has 0 radical (unpaired) electrons. The fourth-order valence-corrected chi connectivity index (χ4v) is 25.2. The lowest BCUT2D eigenvalue weighted by Gasteiger charge is -2.50. The van der Waals surface area contributed by atoms with Crippen molar-refractivity contribution in [2.24, 2.45) is 0 Å². The van der Waals surface area contributed by atoms with E-state index in [9.17, 15) is 0 Å². The van der Waals surface area contributed by atoms with E-state index < -0.39 is 16.2 Å². The zero-order valence-electron chi connectivity index (χ0n) is 71.9. The molecule has 0 fully saturated rings. The summed E-state index contributed by atoms with van der Waals surface area (Å²) in [5.41, 5.74) is 38.2. The first-order valence-electron chi connectivity index (χ1n) is 45.2. The van der Waals surface area contributed by atoms with Crippen LogP contribution in [-0.2, 0) is 21.7 Å². The Kier molecular flexibility index (Phi) is 18.1. The molecule has 2 aromatic heterocycles. The van der Waals surface area contributed by atoms with Crippen molar-refractivity contribution in [2.75, 3.05) is 9.80 Å². The van der Waals surface area contributed by atoms with Crippen LogP contribution in [0.5, 0.6) is 0 Å². The van der Waals surface area contributed by atoms with Crippen LogP contribution in [-0.4, -0.2) is 0 Å². The summed E-state index contributed by atoms with van der Waals surface area (Å²) in [6, 6.07) is 181. The molecular weight excluding hydrogens is 1610 g/mol. The molecule has 0 amide bonds. The summed E-state index contributed by atoms with van der Waals surface area (Å²) in [7, 11) is 0. The first-order chi connectivity index (χ1) is 64.2. The number of fused-ring (bicyclic) bond motifs is 24. The quantitative estimate of drug-likeness (QED) is 0.120. The summed E-state index contributed by atoms with van der Waals surface area (Å²) in [6.45, 7) is 4.78. The van der Waals surface area contributed by atoms with Crippen LogP contribution < -0.4 is 9.80 Å². The molecule has 612 valence electrons. The summed E-state index contributed by atoms with van der Waals surface area (Å²) >= 11 is 3.73. The van der Waals surface area contributed by atoms with Gasteiger partial charge in [-0.25, -0.2) is 0 Å². The zero-order valence-corrected chi connectivity index (χ0v) is 73.5. The van der Waals surface area contributed by atoms with E-state index in [-0.39, 0.29) is 5.41 Å². The van der Waals surface area contributed by atoms with Crippen LogP contribution in [0, 0.1) is 0 Å². The molecule has 0 N–H and O–H groups in total. The third kappa shape index (κ3) is 11.6. The maximum Gasteiger partial charge on any atom is 0.0720 e. The Bertz CT molecular complexity index is 8030. The van der Waals surface area contributed by atoms with Gasteiger partial charge >= 0.3 is 0 Å². The Balaban J connectivity index is 0.000000142. The Hall–Kier alpha value is -15.6. The van der Waals surface area contributed by atoms with Crippen molar-refractivity contribution in [1.29, 1.82) is 0 Å². The van der Waals surface area contributed by atoms with Gasteiger partial charge in [0.05, 0.1) is 27.6 Å². The summed E-state index contributed by atoms with van der Waals surface area (Å²) in [6.07, 6.45) is 0. The third-order valence-corrected chi connectivity index (χ3v) is 30.9. The fraction of sp³-hybridized carbons (Fsp3) is 0.0476. The topological polar surface area (TPSA) is 6.48 Å². The van der Waals surface area contributed by atoms with Crippen molar-refractivity contribution in [3.63, 3.8) is 0 Å². The van der Waals surface area contributed by atoms with Crippen LogP contribution in [0.4, 0.5) is 34.1 Å². The second-order valence-electron chi connectivity index (χ2n) is 35.5. The molecule has 4 heteroatoms. The zero-order chi connectivity index (χ0) is 86.2. The average Bonchev–Trinajstić information content (AvgIpc) is 1.45. The summed E-state index contributed by atoms with van der Waals surface area (Å²) < 4.78 is 5.29. The monoisotopic (exact) mass is 1690 g/mol. The second kappa shape index (κ2) is 30.6. The molecule has 4 aliphatic rings. The predicted molar refractivity (Wildman–Crippen MR) is 548 cm³/mol. The smallest absolute Gasteiger partial charge is 0.0720 e. The molecule has 26 rings (SSSR count). The Morgan fingerprint density at radius 3 is 0.792 bits per heavy atom. The highest BCUT2D eigenvalue weighted by atomic mass is 32.1. The molecule has 0 saturated heterocycles. The molecule has 22 aromatic rings. The Morgan fingerprint density at radius 1 is 0.177 bits per heavy atom. The third-order valence-electron chi connectivity index (χ3n) is 28.6. The van der Waals surface area contributed by atoms with Crippen LogP contribution in [0.25, 0.3) is 107 Å². The summed E-state index contributed by atoms with van der Waals surface area (Å²) in [4.78, 5) is 4.97. The number of rotatable bonds is 12. The molecule has 0 bridgehead atoms. The normalized spacial score (nSPS) is 13.9. The number of anilines is 6. The van der Waals surface area contributed by atoms with E-state index in [1.165, 1.54) is 191 Å². The van der Waals surface area contributed by atoms with E-state index in [4.69, 9.17) is 0 Å². The number of nitrogens with zero attached hydrogens (tertiary/aromatic N) is 2. The molecule has 0 atom stereocenters. The van der Waals surface area contributed by atoms with Gasteiger partial charge in [-0.3, -0.25) is 0 Å². The van der Waals surface area contributed by atoms with Gasteiger partial charge in [0.2, 0.25) is 0 Å². The molecule has 0 saturated carbocycles. The van der Waals surface area contributed by atoms with Crippen molar-refractivity contribution in [2.45, 2.75) is 35.5 Å². The van der Waals surface area contributed by atoms with Gasteiger partial charge in [-0.05, 0) is 231 Å². The first kappa shape index (κ1) is 76.8. The minimum atomic E-state index is -0.612. The second-order valence-corrected chi connectivity index (χ2v) is 37.7. The molecule has 2 heterocycles. The highest BCUT2D eigenvalue weighted by Gasteiger charge is 2.58. The molecule has 2 nitrogen and oxygen atoms in total. The number of hydrogen-bond donors (Lipinski definition) is 0. The van der Waals surface area contributed by atoms with Gasteiger partial charge in [0, 0.05) is 79.6 Å². The van der Waals surface area contributed by atoms with Gasteiger partial charge < -0.3 is 9.80 Å². The van der Waals surface area contributed by atoms with Crippen LogP contribution in [0.2, 0.25) is 0 Å². The van der Waals surface area contributed by atoms with Crippen molar-refractivity contribution >= 4 is 97.1 Å². The number of thiophene rings is 2. The van der Waals surface area contributed by atoms with Crippen molar-refractivity contribution in [1.82, 2.24) is 0 Å². The van der Waals surface area contributed by atoms with Gasteiger partial charge in [0.25, 0.3) is 0 Å². The first-order valence-corrected chi connectivity index (χ1v) is 46.8. The maximum atomic E-state index is 2.49. The van der Waals surface area contributed by atoms with Crippen LogP contribution in [0.15, 0.2) is 485 Å². The maximum absolute atomic E-state index is 2.49. The lowest BCUT2D eigenvalue weighted by Crippen LogP contribution is -2.44. The van der Waals surface area contributed by atoms with Crippen molar-refractivity contribution in [3.8, 4) is 66.8 Å². The minimum absolute atomic E-state index is 0.150. The predicted octanol–water partition coefficient (Wildman–Crippen LogP) is 33.8. The standard InChI is InChI=1S/C68H45NS.C58H41NS/c1-4-19-46(20-5-1)47-35-40-52(41-36-47)69(53-42-37-48(38-43-53)49-39-44-65-56(45-49)54-25-11-17-34-64(54)70-65)63-33-18-32-62-66(63)55-26-10-12-27-57(55)68(62)60-30-15-13-28-58(60)67(50-21-6-2-7-22-50,51-23-8-3-9-24-51)59-29-14-16-31-61(59)68;1-57(2)48-20-9-11-22-50(48)58(51-23-12-10-21-49(51)57)47-19-8-6-18-45(47)56-52(58)24-14-25-53(56)59(42-32-27-39(28-33-42)38-15-4-3-5-16-38)43-34-29-40(30-35-43)41-31-36-55-46(37-41)44-17-7-13-26-54(44)60-55/h1-45H;3-37H,1-2H3. The summed E-state index contributed by atoms with van der Waals surface area (Å²) in [5, 5.41) is 5.27. The van der Waals surface area contributed by atoms with Gasteiger partial charge in [0.1, 0.15) is 0 Å². The molecule has 2 spiro atoms. The largest absolute Gasteiger partial charge is 0.310 e.